The quantitative estimate of drug-likeness (QED) is 0.830. The van der Waals surface area contributed by atoms with E-state index in [2.05, 4.69) is 20.9 Å². The number of hydrogen-bond donors (Lipinski definition) is 2. The Balaban J connectivity index is 1.82. The van der Waals surface area contributed by atoms with Crippen LogP contribution in [-0.4, -0.2) is 21.4 Å². The van der Waals surface area contributed by atoms with E-state index in [9.17, 15) is 4.79 Å². The number of nitrogens with zero attached hydrogens (tertiary/aromatic N) is 2. The van der Waals surface area contributed by atoms with Crippen LogP contribution in [0.2, 0.25) is 0 Å². The van der Waals surface area contributed by atoms with Gasteiger partial charge in [0.25, 0.3) is 5.56 Å². The van der Waals surface area contributed by atoms with Gasteiger partial charge in [0.15, 0.2) is 4.77 Å². The monoisotopic (exact) mass is 298 g/mol. The number of aromatic nitrogens is 2. The van der Waals surface area contributed by atoms with Gasteiger partial charge in [-0.15, -0.1) is 0 Å². The summed E-state index contributed by atoms with van der Waals surface area (Å²) in [5.41, 5.74) is 3.32. The summed E-state index contributed by atoms with van der Waals surface area (Å²) < 4.78 is 0.383. The third kappa shape index (κ3) is 2.94. The molecule has 2 aromatic rings. The summed E-state index contributed by atoms with van der Waals surface area (Å²) in [6, 6.07) is 9.71. The van der Waals surface area contributed by atoms with Gasteiger partial charge in [-0.1, -0.05) is 12.1 Å². The van der Waals surface area contributed by atoms with E-state index >= 15 is 0 Å². The number of nitrogens with one attached hydrogen (secondary N) is 2. The molecule has 5 nitrogen and oxygen atoms in total. The van der Waals surface area contributed by atoms with Crippen molar-refractivity contribution in [3.8, 4) is 6.07 Å². The molecule has 1 aromatic carbocycles. The lowest BCUT2D eigenvalue weighted by atomic mass is 10.1. The highest BCUT2D eigenvalue weighted by Crippen LogP contribution is 2.16. The van der Waals surface area contributed by atoms with Crippen LogP contribution < -0.4 is 5.56 Å². The van der Waals surface area contributed by atoms with Crippen molar-refractivity contribution >= 4 is 12.2 Å². The fraction of sp³-hybridized carbons (Fsp3) is 0.267. The molecule has 1 aromatic heterocycles. The average Bonchev–Trinajstić information content (AvgIpc) is 2.48. The lowest BCUT2D eigenvalue weighted by Gasteiger charge is -2.27. The van der Waals surface area contributed by atoms with Gasteiger partial charge in [-0.05, 0) is 29.9 Å². The number of rotatable bonds is 2. The Morgan fingerprint density at radius 2 is 2.24 bits per heavy atom. The zero-order valence-electron chi connectivity index (χ0n) is 11.3. The van der Waals surface area contributed by atoms with E-state index in [4.69, 9.17) is 17.5 Å². The van der Waals surface area contributed by atoms with Crippen LogP contribution in [0.5, 0.6) is 0 Å². The standard InChI is InChI=1S/C15H14N4OS/c16-7-10-2-1-3-11(6-10)8-19-5-4-13-12(9-19)14(20)18-15(21)17-13/h1-3,6H,4-5,8-9H2,(H2,17,18,20,21). The predicted octanol–water partition coefficient (Wildman–Crippen LogP) is 1.86. The zero-order valence-corrected chi connectivity index (χ0v) is 12.2. The molecular formula is C15H14N4OS. The van der Waals surface area contributed by atoms with Crippen LogP contribution >= 0.6 is 12.2 Å². The molecule has 1 aliphatic rings. The van der Waals surface area contributed by atoms with Gasteiger partial charge >= 0.3 is 0 Å². The third-order valence-electron chi connectivity index (χ3n) is 3.65. The average molecular weight is 298 g/mol. The van der Waals surface area contributed by atoms with Crippen molar-refractivity contribution in [2.24, 2.45) is 0 Å². The van der Waals surface area contributed by atoms with Crippen LogP contribution in [0, 0.1) is 16.1 Å². The maximum atomic E-state index is 12.0. The summed E-state index contributed by atoms with van der Waals surface area (Å²) in [6.07, 6.45) is 0.779. The summed E-state index contributed by atoms with van der Waals surface area (Å²) >= 11 is 4.99. The summed E-state index contributed by atoms with van der Waals surface area (Å²) in [7, 11) is 0. The van der Waals surface area contributed by atoms with Crippen LogP contribution in [0.25, 0.3) is 0 Å². The number of hydrogen-bond acceptors (Lipinski definition) is 4. The highest BCUT2D eigenvalue weighted by Gasteiger charge is 2.19. The molecular weight excluding hydrogens is 284 g/mol. The van der Waals surface area contributed by atoms with Crippen molar-refractivity contribution in [3.63, 3.8) is 0 Å². The Hall–Kier alpha value is -2.23. The van der Waals surface area contributed by atoms with Crippen molar-refractivity contribution in [2.75, 3.05) is 6.54 Å². The van der Waals surface area contributed by atoms with Gasteiger partial charge in [-0.3, -0.25) is 14.7 Å². The minimum absolute atomic E-state index is 0.107. The fourth-order valence-electron chi connectivity index (χ4n) is 2.64. The largest absolute Gasteiger partial charge is 0.335 e. The molecule has 0 aliphatic carbocycles. The molecule has 0 bridgehead atoms. The number of aromatic amines is 2. The Labute approximate surface area is 126 Å². The molecule has 2 heterocycles. The normalized spacial score (nSPS) is 14.4. The minimum Gasteiger partial charge on any atom is -0.335 e. The van der Waals surface area contributed by atoms with Gasteiger partial charge < -0.3 is 4.98 Å². The van der Waals surface area contributed by atoms with Crippen LogP contribution in [0.15, 0.2) is 29.1 Å². The second-order valence-electron chi connectivity index (χ2n) is 5.14. The molecule has 3 rings (SSSR count). The molecule has 0 unspecified atom stereocenters. The molecule has 0 atom stereocenters. The van der Waals surface area contributed by atoms with Crippen LogP contribution in [0.4, 0.5) is 0 Å². The van der Waals surface area contributed by atoms with Crippen molar-refractivity contribution in [1.29, 1.82) is 5.26 Å². The Morgan fingerprint density at radius 3 is 3.05 bits per heavy atom. The lowest BCUT2D eigenvalue weighted by Crippen LogP contribution is -2.35. The summed E-state index contributed by atoms with van der Waals surface area (Å²) in [5, 5.41) is 8.94. The molecule has 0 fully saturated rings. The van der Waals surface area contributed by atoms with Crippen molar-refractivity contribution < 1.29 is 0 Å². The molecule has 1 aliphatic heterocycles. The molecule has 0 spiro atoms. The predicted molar refractivity (Wildman–Crippen MR) is 81.2 cm³/mol. The van der Waals surface area contributed by atoms with Crippen LogP contribution in [0.3, 0.4) is 0 Å². The number of fused-ring (bicyclic) bond motifs is 1. The summed E-state index contributed by atoms with van der Waals surface area (Å²) in [4.78, 5) is 19.9. The van der Waals surface area contributed by atoms with E-state index in [1.54, 1.807) is 6.07 Å². The minimum atomic E-state index is -0.107. The Kier molecular flexibility index (Phi) is 3.69. The number of benzene rings is 1. The highest BCUT2D eigenvalue weighted by atomic mass is 32.1. The van der Waals surface area contributed by atoms with Gasteiger partial charge in [-0.25, -0.2) is 0 Å². The zero-order chi connectivity index (χ0) is 14.8. The Bertz CT molecular complexity index is 831. The molecule has 21 heavy (non-hydrogen) atoms. The molecule has 0 saturated heterocycles. The topological polar surface area (TPSA) is 75.7 Å². The van der Waals surface area contributed by atoms with Crippen molar-refractivity contribution in [2.45, 2.75) is 19.5 Å². The van der Waals surface area contributed by atoms with Crippen LogP contribution in [0.1, 0.15) is 22.4 Å². The third-order valence-corrected chi connectivity index (χ3v) is 3.86. The highest BCUT2D eigenvalue weighted by molar-refractivity contribution is 7.71. The first-order chi connectivity index (χ1) is 10.2. The van der Waals surface area contributed by atoms with E-state index in [0.29, 0.717) is 16.9 Å². The van der Waals surface area contributed by atoms with Gasteiger partial charge in [-0.2, -0.15) is 5.26 Å². The Morgan fingerprint density at radius 1 is 1.38 bits per heavy atom. The van der Waals surface area contributed by atoms with Gasteiger partial charge in [0, 0.05) is 31.7 Å². The molecule has 0 saturated carbocycles. The lowest BCUT2D eigenvalue weighted by molar-refractivity contribution is 0.241. The molecule has 6 heteroatoms. The smallest absolute Gasteiger partial charge is 0.256 e. The maximum Gasteiger partial charge on any atom is 0.256 e. The first kappa shape index (κ1) is 13.7. The summed E-state index contributed by atoms with van der Waals surface area (Å²) in [6.45, 7) is 2.18. The number of H-pyrrole nitrogens is 2. The fourth-order valence-corrected chi connectivity index (χ4v) is 2.86. The van der Waals surface area contributed by atoms with E-state index in [-0.39, 0.29) is 5.56 Å². The first-order valence-electron chi connectivity index (χ1n) is 6.71. The van der Waals surface area contributed by atoms with E-state index in [1.165, 1.54) is 0 Å². The molecule has 0 amide bonds. The van der Waals surface area contributed by atoms with Crippen molar-refractivity contribution in [3.05, 3.63) is 61.8 Å². The van der Waals surface area contributed by atoms with E-state index in [1.807, 2.05) is 18.2 Å². The van der Waals surface area contributed by atoms with Gasteiger partial charge in [0.2, 0.25) is 0 Å². The van der Waals surface area contributed by atoms with E-state index in [0.717, 1.165) is 36.3 Å². The molecule has 0 radical (unpaired) electrons. The van der Waals surface area contributed by atoms with E-state index < -0.39 is 0 Å². The SMILES string of the molecule is N#Cc1cccc(CN2CCc3[nH]c(=S)[nH]c(=O)c3C2)c1. The van der Waals surface area contributed by atoms with Crippen molar-refractivity contribution in [1.82, 2.24) is 14.9 Å². The summed E-state index contributed by atoms with van der Waals surface area (Å²) in [5.74, 6) is 0. The second-order valence-corrected chi connectivity index (χ2v) is 5.55. The number of nitriles is 1. The first-order valence-corrected chi connectivity index (χ1v) is 7.12. The molecule has 2 N–H and O–H groups in total. The van der Waals surface area contributed by atoms with Gasteiger partial charge in [0.1, 0.15) is 0 Å². The van der Waals surface area contributed by atoms with Crippen LogP contribution in [-0.2, 0) is 19.5 Å². The second kappa shape index (κ2) is 5.64. The molecule has 106 valence electrons. The van der Waals surface area contributed by atoms with Gasteiger partial charge in [0.05, 0.1) is 17.2 Å². The maximum absolute atomic E-state index is 12.0.